The standard InChI is InChI=1S/C10H8F4O/c11-9-6-7(2-1-5-15)3-4-8(9)10(12,13)14/h1-4,6,15H,5H2. The molecule has 5 heteroatoms. The molecule has 1 aromatic rings. The third-order valence-corrected chi connectivity index (χ3v) is 1.71. The Hall–Kier alpha value is -1.36. The third kappa shape index (κ3) is 3.06. The van der Waals surface area contributed by atoms with Crippen molar-refractivity contribution in [2.24, 2.45) is 0 Å². The van der Waals surface area contributed by atoms with Crippen LogP contribution in [0.2, 0.25) is 0 Å². The van der Waals surface area contributed by atoms with Crippen LogP contribution < -0.4 is 0 Å². The summed E-state index contributed by atoms with van der Waals surface area (Å²) in [6, 6.07) is 2.58. The van der Waals surface area contributed by atoms with Crippen molar-refractivity contribution in [3.63, 3.8) is 0 Å². The SMILES string of the molecule is OCC=Cc1ccc(C(F)(F)F)c(F)c1. The van der Waals surface area contributed by atoms with Gasteiger partial charge in [0.2, 0.25) is 0 Å². The van der Waals surface area contributed by atoms with E-state index in [0.29, 0.717) is 6.07 Å². The van der Waals surface area contributed by atoms with Gasteiger partial charge in [-0.2, -0.15) is 13.2 Å². The van der Waals surface area contributed by atoms with Gasteiger partial charge in [-0.05, 0) is 17.7 Å². The fourth-order valence-electron chi connectivity index (χ4n) is 1.05. The van der Waals surface area contributed by atoms with Gasteiger partial charge in [-0.1, -0.05) is 18.2 Å². The molecule has 1 rings (SSSR count). The summed E-state index contributed by atoms with van der Waals surface area (Å²) < 4.78 is 49.4. The van der Waals surface area contributed by atoms with Crippen molar-refractivity contribution in [3.8, 4) is 0 Å². The largest absolute Gasteiger partial charge is 0.419 e. The lowest BCUT2D eigenvalue weighted by molar-refractivity contribution is -0.140. The topological polar surface area (TPSA) is 20.2 Å². The molecule has 0 atom stereocenters. The second-order valence-electron chi connectivity index (χ2n) is 2.82. The van der Waals surface area contributed by atoms with Crippen molar-refractivity contribution in [2.75, 3.05) is 6.61 Å². The molecule has 1 nitrogen and oxygen atoms in total. The fraction of sp³-hybridized carbons (Fsp3) is 0.200. The maximum Gasteiger partial charge on any atom is 0.419 e. The number of halogens is 4. The number of alkyl halides is 3. The van der Waals surface area contributed by atoms with Crippen molar-refractivity contribution in [1.29, 1.82) is 0 Å². The summed E-state index contributed by atoms with van der Waals surface area (Å²) in [7, 11) is 0. The van der Waals surface area contributed by atoms with E-state index in [4.69, 9.17) is 5.11 Å². The van der Waals surface area contributed by atoms with Gasteiger partial charge in [0.1, 0.15) is 5.82 Å². The summed E-state index contributed by atoms with van der Waals surface area (Å²) >= 11 is 0. The van der Waals surface area contributed by atoms with Crippen LogP contribution in [0.4, 0.5) is 17.6 Å². The smallest absolute Gasteiger partial charge is 0.392 e. The van der Waals surface area contributed by atoms with E-state index in [1.54, 1.807) is 0 Å². The van der Waals surface area contributed by atoms with Crippen LogP contribution in [0.3, 0.4) is 0 Å². The number of aliphatic hydroxyl groups excluding tert-OH is 1. The summed E-state index contributed by atoms with van der Waals surface area (Å²) in [4.78, 5) is 0. The van der Waals surface area contributed by atoms with Crippen LogP contribution in [-0.4, -0.2) is 11.7 Å². The van der Waals surface area contributed by atoms with Gasteiger partial charge in [0.15, 0.2) is 0 Å². The Labute approximate surface area is 83.7 Å². The van der Waals surface area contributed by atoms with Crippen LogP contribution >= 0.6 is 0 Å². The van der Waals surface area contributed by atoms with Gasteiger partial charge in [-0.15, -0.1) is 0 Å². The molecule has 0 spiro atoms. The summed E-state index contributed by atoms with van der Waals surface area (Å²) in [5, 5.41) is 8.42. The van der Waals surface area contributed by atoms with E-state index in [-0.39, 0.29) is 12.2 Å². The van der Waals surface area contributed by atoms with Gasteiger partial charge in [0, 0.05) is 0 Å². The highest BCUT2D eigenvalue weighted by atomic mass is 19.4. The summed E-state index contributed by atoms with van der Waals surface area (Å²) in [5.41, 5.74) is -1.02. The highest BCUT2D eigenvalue weighted by Gasteiger charge is 2.33. The molecule has 0 aliphatic rings. The Morgan fingerprint density at radius 3 is 2.40 bits per heavy atom. The summed E-state index contributed by atoms with van der Waals surface area (Å²) in [5.74, 6) is -1.32. The van der Waals surface area contributed by atoms with Crippen LogP contribution in [0.15, 0.2) is 24.3 Å². The van der Waals surface area contributed by atoms with Gasteiger partial charge in [-0.3, -0.25) is 0 Å². The maximum atomic E-state index is 13.0. The van der Waals surface area contributed by atoms with Crippen LogP contribution in [0.5, 0.6) is 0 Å². The second-order valence-corrected chi connectivity index (χ2v) is 2.82. The lowest BCUT2D eigenvalue weighted by atomic mass is 10.1. The van der Waals surface area contributed by atoms with Crippen LogP contribution in [0.1, 0.15) is 11.1 Å². The van der Waals surface area contributed by atoms with E-state index >= 15 is 0 Å². The Balaban J connectivity index is 3.04. The minimum Gasteiger partial charge on any atom is -0.392 e. The highest BCUT2D eigenvalue weighted by Crippen LogP contribution is 2.31. The Morgan fingerprint density at radius 2 is 1.93 bits per heavy atom. The van der Waals surface area contributed by atoms with Crippen LogP contribution in [-0.2, 0) is 6.18 Å². The number of rotatable bonds is 2. The van der Waals surface area contributed by atoms with Gasteiger partial charge >= 0.3 is 6.18 Å². The first-order valence-electron chi connectivity index (χ1n) is 4.09. The monoisotopic (exact) mass is 220 g/mol. The van der Waals surface area contributed by atoms with E-state index in [1.807, 2.05) is 0 Å². The summed E-state index contributed by atoms with van der Waals surface area (Å²) in [6.07, 6.45) is -2.03. The van der Waals surface area contributed by atoms with Crippen molar-refractivity contribution < 1.29 is 22.7 Å². The maximum absolute atomic E-state index is 13.0. The number of benzene rings is 1. The zero-order chi connectivity index (χ0) is 11.5. The molecule has 0 aliphatic carbocycles. The first-order valence-corrected chi connectivity index (χ1v) is 4.09. The molecule has 0 saturated carbocycles. The molecule has 0 unspecified atom stereocenters. The molecular formula is C10H8F4O. The van der Waals surface area contributed by atoms with E-state index in [2.05, 4.69) is 0 Å². The van der Waals surface area contributed by atoms with E-state index in [0.717, 1.165) is 12.1 Å². The second kappa shape index (κ2) is 4.44. The molecular weight excluding hydrogens is 212 g/mol. The van der Waals surface area contributed by atoms with Gasteiger partial charge in [0.05, 0.1) is 12.2 Å². The Kier molecular flexibility index (Phi) is 3.47. The Morgan fingerprint density at radius 1 is 1.27 bits per heavy atom. The lowest BCUT2D eigenvalue weighted by Crippen LogP contribution is -2.07. The van der Waals surface area contributed by atoms with Gasteiger partial charge in [0.25, 0.3) is 0 Å². The molecule has 0 bridgehead atoms. The molecule has 0 fully saturated rings. The zero-order valence-electron chi connectivity index (χ0n) is 7.55. The van der Waals surface area contributed by atoms with E-state index in [1.165, 1.54) is 12.2 Å². The average Bonchev–Trinajstić information content (AvgIpc) is 2.12. The summed E-state index contributed by atoms with van der Waals surface area (Å²) in [6.45, 7) is -0.247. The average molecular weight is 220 g/mol. The zero-order valence-corrected chi connectivity index (χ0v) is 7.55. The molecule has 0 heterocycles. The molecule has 1 aromatic carbocycles. The molecule has 0 aliphatic heterocycles. The third-order valence-electron chi connectivity index (χ3n) is 1.71. The molecule has 0 saturated heterocycles. The predicted molar refractivity (Wildman–Crippen MR) is 47.5 cm³/mol. The first kappa shape index (κ1) is 11.7. The molecule has 0 aromatic heterocycles. The number of hydrogen-bond donors (Lipinski definition) is 1. The highest BCUT2D eigenvalue weighted by molar-refractivity contribution is 5.50. The van der Waals surface area contributed by atoms with Crippen molar-refractivity contribution in [1.82, 2.24) is 0 Å². The minimum atomic E-state index is -4.68. The number of hydrogen-bond acceptors (Lipinski definition) is 1. The Bertz CT molecular complexity index is 368. The van der Waals surface area contributed by atoms with E-state index < -0.39 is 17.6 Å². The molecule has 0 radical (unpaired) electrons. The van der Waals surface area contributed by atoms with Gasteiger partial charge in [-0.25, -0.2) is 4.39 Å². The van der Waals surface area contributed by atoms with Crippen LogP contribution in [0, 0.1) is 5.82 Å². The molecule has 0 amide bonds. The molecule has 15 heavy (non-hydrogen) atoms. The molecule has 1 N–H and O–H groups in total. The van der Waals surface area contributed by atoms with Crippen LogP contribution in [0.25, 0.3) is 6.08 Å². The minimum absolute atomic E-state index is 0.247. The van der Waals surface area contributed by atoms with Crippen molar-refractivity contribution >= 4 is 6.08 Å². The van der Waals surface area contributed by atoms with Crippen molar-refractivity contribution in [3.05, 3.63) is 41.2 Å². The van der Waals surface area contributed by atoms with Crippen molar-refractivity contribution in [2.45, 2.75) is 6.18 Å². The van der Waals surface area contributed by atoms with Gasteiger partial charge < -0.3 is 5.11 Å². The quantitative estimate of drug-likeness (QED) is 0.760. The number of aliphatic hydroxyl groups is 1. The van der Waals surface area contributed by atoms with E-state index in [9.17, 15) is 17.6 Å². The fourth-order valence-corrected chi connectivity index (χ4v) is 1.05. The molecule has 82 valence electrons. The first-order chi connectivity index (χ1) is 6.95. The lowest BCUT2D eigenvalue weighted by Gasteiger charge is -2.07. The normalized spacial score (nSPS) is 12.3. The predicted octanol–water partition coefficient (Wildman–Crippen LogP) is 2.85.